The third-order valence-corrected chi connectivity index (χ3v) is 4.10. The number of carbonyl (C=O) groups excluding carboxylic acids is 1. The highest BCUT2D eigenvalue weighted by molar-refractivity contribution is 5.97. The molecule has 0 saturated carbocycles. The lowest BCUT2D eigenvalue weighted by atomic mass is 10.0. The molecule has 2 heterocycles. The van der Waals surface area contributed by atoms with Gasteiger partial charge in [0.05, 0.1) is 16.0 Å². The summed E-state index contributed by atoms with van der Waals surface area (Å²) in [4.78, 5) is 28.2. The largest absolute Gasteiger partial charge is 0.370 e. The number of carbonyl (C=O) groups is 1. The maximum absolute atomic E-state index is 11.2. The number of nitrogens with one attached hydrogen (secondary N) is 1. The number of anilines is 1. The fraction of sp³-hybridized carbons (Fsp3) is 0.333. The average molecular weight is 315 g/mol. The van der Waals surface area contributed by atoms with E-state index in [1.165, 1.54) is 6.07 Å². The van der Waals surface area contributed by atoms with Gasteiger partial charge in [0.15, 0.2) is 0 Å². The van der Waals surface area contributed by atoms with Gasteiger partial charge in [-0.2, -0.15) is 0 Å². The predicted octanol–water partition coefficient (Wildman–Crippen LogP) is 1.78. The van der Waals surface area contributed by atoms with Gasteiger partial charge in [0.25, 0.3) is 5.69 Å². The lowest BCUT2D eigenvalue weighted by Gasteiger charge is -2.34. The van der Waals surface area contributed by atoms with Gasteiger partial charge < -0.3 is 16.0 Å². The minimum absolute atomic E-state index is 0.0575. The molecule has 0 spiro atoms. The number of amides is 2. The first-order chi connectivity index (χ1) is 11.1. The Morgan fingerprint density at radius 2 is 2.09 bits per heavy atom. The van der Waals surface area contributed by atoms with Gasteiger partial charge in [-0.3, -0.25) is 15.1 Å². The molecule has 1 aromatic carbocycles. The molecule has 1 aromatic heterocycles. The second-order valence-corrected chi connectivity index (χ2v) is 5.53. The molecule has 1 fully saturated rings. The second-order valence-electron chi connectivity index (χ2n) is 5.53. The van der Waals surface area contributed by atoms with Gasteiger partial charge in [0.2, 0.25) is 0 Å². The first-order valence-electron chi connectivity index (χ1n) is 7.39. The molecule has 0 unspecified atom stereocenters. The number of rotatable bonds is 3. The highest BCUT2D eigenvalue weighted by atomic mass is 16.6. The fourth-order valence-corrected chi connectivity index (χ4v) is 3.02. The Hall–Kier alpha value is -2.90. The van der Waals surface area contributed by atoms with E-state index in [0.29, 0.717) is 10.9 Å². The number of hydrogen-bond acceptors (Lipinski definition) is 5. The number of nitrogens with two attached hydrogens (primary N) is 1. The predicted molar refractivity (Wildman–Crippen MR) is 86.4 cm³/mol. The number of nitro groups is 1. The zero-order valence-corrected chi connectivity index (χ0v) is 12.4. The van der Waals surface area contributed by atoms with Gasteiger partial charge in [-0.25, -0.2) is 4.79 Å². The maximum Gasteiger partial charge on any atom is 0.312 e. The van der Waals surface area contributed by atoms with Gasteiger partial charge in [-0.1, -0.05) is 0 Å². The van der Waals surface area contributed by atoms with E-state index in [2.05, 4.69) is 15.2 Å². The molecule has 0 aliphatic carbocycles. The number of fused-ring (bicyclic) bond motifs is 1. The number of hydrogen-bond donors (Lipinski definition) is 2. The molecule has 23 heavy (non-hydrogen) atoms. The number of primary amides is 1. The summed E-state index contributed by atoms with van der Waals surface area (Å²) in [6.45, 7) is 1.46. The number of benzene rings is 1. The van der Waals surface area contributed by atoms with Crippen molar-refractivity contribution in [2.75, 3.05) is 18.0 Å². The third kappa shape index (κ3) is 3.01. The van der Waals surface area contributed by atoms with Crippen molar-refractivity contribution < 1.29 is 9.72 Å². The van der Waals surface area contributed by atoms with Gasteiger partial charge >= 0.3 is 6.03 Å². The van der Waals surface area contributed by atoms with Crippen molar-refractivity contribution in [1.82, 2.24) is 10.3 Å². The molecule has 0 bridgehead atoms. The van der Waals surface area contributed by atoms with E-state index in [4.69, 9.17) is 5.73 Å². The smallest absolute Gasteiger partial charge is 0.312 e. The molecule has 0 radical (unpaired) electrons. The Kier molecular flexibility index (Phi) is 3.96. The number of pyridine rings is 1. The van der Waals surface area contributed by atoms with Crippen molar-refractivity contribution in [3.63, 3.8) is 0 Å². The van der Waals surface area contributed by atoms with Crippen LogP contribution >= 0.6 is 0 Å². The molecule has 0 atom stereocenters. The minimum atomic E-state index is -0.508. The first kappa shape index (κ1) is 15.0. The van der Waals surface area contributed by atoms with Crippen LogP contribution in [0.1, 0.15) is 12.8 Å². The normalized spacial score (nSPS) is 15.6. The van der Waals surface area contributed by atoms with E-state index in [1.54, 1.807) is 24.4 Å². The average Bonchev–Trinajstić information content (AvgIpc) is 2.54. The van der Waals surface area contributed by atoms with Crippen molar-refractivity contribution in [2.45, 2.75) is 18.9 Å². The van der Waals surface area contributed by atoms with Crippen LogP contribution in [0.2, 0.25) is 0 Å². The van der Waals surface area contributed by atoms with Crippen molar-refractivity contribution in [2.24, 2.45) is 5.73 Å². The molecule has 2 amide bonds. The maximum atomic E-state index is 11.2. The van der Waals surface area contributed by atoms with Crippen molar-refractivity contribution in [3.8, 4) is 0 Å². The van der Waals surface area contributed by atoms with E-state index >= 15 is 0 Å². The standard InChI is InChI=1S/C15H17N5O3/c16-15(21)18-10-5-8-19(9-6-10)13-4-3-12(20(22)23)11-2-1-7-17-14(11)13/h1-4,7,10H,5-6,8-9H2,(H3,16,18,21). The summed E-state index contributed by atoms with van der Waals surface area (Å²) in [5.41, 5.74) is 6.71. The van der Waals surface area contributed by atoms with Gasteiger partial charge in [-0.15, -0.1) is 0 Å². The molecular formula is C15H17N5O3. The number of nitrogens with zero attached hydrogens (tertiary/aromatic N) is 3. The van der Waals surface area contributed by atoms with E-state index < -0.39 is 11.0 Å². The van der Waals surface area contributed by atoms with Crippen LogP contribution in [-0.4, -0.2) is 35.1 Å². The van der Waals surface area contributed by atoms with Crippen LogP contribution in [0.3, 0.4) is 0 Å². The Bertz CT molecular complexity index is 756. The Morgan fingerprint density at radius 1 is 1.35 bits per heavy atom. The highest BCUT2D eigenvalue weighted by Gasteiger charge is 2.23. The van der Waals surface area contributed by atoms with Crippen molar-refractivity contribution in [3.05, 3.63) is 40.6 Å². The first-order valence-corrected chi connectivity index (χ1v) is 7.39. The molecule has 8 nitrogen and oxygen atoms in total. The zero-order valence-electron chi connectivity index (χ0n) is 12.4. The van der Waals surface area contributed by atoms with Gasteiger partial charge in [0.1, 0.15) is 5.52 Å². The molecular weight excluding hydrogens is 298 g/mol. The lowest BCUT2D eigenvalue weighted by Crippen LogP contribution is -2.46. The van der Waals surface area contributed by atoms with Gasteiger partial charge in [-0.05, 0) is 31.0 Å². The second kappa shape index (κ2) is 6.07. The van der Waals surface area contributed by atoms with E-state index in [0.717, 1.165) is 31.6 Å². The van der Waals surface area contributed by atoms with Crippen LogP contribution in [0.4, 0.5) is 16.2 Å². The molecule has 1 aliphatic rings. The number of urea groups is 1. The Balaban J connectivity index is 1.88. The zero-order chi connectivity index (χ0) is 16.4. The summed E-state index contributed by atoms with van der Waals surface area (Å²) in [5, 5.41) is 14.4. The SMILES string of the molecule is NC(=O)NC1CCN(c2ccc([N+](=O)[O-])c3cccnc23)CC1. The van der Waals surface area contributed by atoms with Crippen molar-refractivity contribution >= 4 is 28.3 Å². The van der Waals surface area contributed by atoms with Crippen LogP contribution < -0.4 is 16.0 Å². The molecule has 2 aromatic rings. The van der Waals surface area contributed by atoms with Crippen LogP contribution in [0.25, 0.3) is 10.9 Å². The summed E-state index contributed by atoms with van der Waals surface area (Å²) in [6, 6.07) is 6.24. The van der Waals surface area contributed by atoms with E-state index in [1.807, 2.05) is 0 Å². The quantitative estimate of drug-likeness (QED) is 0.662. The summed E-state index contributed by atoms with van der Waals surface area (Å²) < 4.78 is 0. The Morgan fingerprint density at radius 3 is 2.74 bits per heavy atom. The number of piperidine rings is 1. The molecule has 1 aliphatic heterocycles. The van der Waals surface area contributed by atoms with Crippen LogP contribution in [0.5, 0.6) is 0 Å². The van der Waals surface area contributed by atoms with Crippen LogP contribution in [0.15, 0.2) is 30.5 Å². The molecule has 8 heteroatoms. The minimum Gasteiger partial charge on any atom is -0.370 e. The molecule has 3 N–H and O–H groups in total. The number of non-ortho nitro benzene ring substituents is 1. The lowest BCUT2D eigenvalue weighted by molar-refractivity contribution is -0.383. The fourth-order valence-electron chi connectivity index (χ4n) is 3.02. The van der Waals surface area contributed by atoms with Crippen LogP contribution in [0, 0.1) is 10.1 Å². The topological polar surface area (TPSA) is 114 Å². The van der Waals surface area contributed by atoms with Crippen LogP contribution in [-0.2, 0) is 0 Å². The highest BCUT2D eigenvalue weighted by Crippen LogP contribution is 2.33. The summed E-state index contributed by atoms with van der Waals surface area (Å²) in [5.74, 6) is 0. The monoisotopic (exact) mass is 315 g/mol. The summed E-state index contributed by atoms with van der Waals surface area (Å²) >= 11 is 0. The van der Waals surface area contributed by atoms with Gasteiger partial charge in [0, 0.05) is 31.4 Å². The molecule has 3 rings (SSSR count). The summed E-state index contributed by atoms with van der Waals surface area (Å²) in [6.07, 6.45) is 3.18. The molecule has 120 valence electrons. The van der Waals surface area contributed by atoms with E-state index in [9.17, 15) is 14.9 Å². The third-order valence-electron chi connectivity index (χ3n) is 4.10. The number of nitro benzene ring substituents is 1. The summed E-state index contributed by atoms with van der Waals surface area (Å²) in [7, 11) is 0. The molecule has 1 saturated heterocycles. The van der Waals surface area contributed by atoms with Crippen molar-refractivity contribution in [1.29, 1.82) is 0 Å². The van der Waals surface area contributed by atoms with E-state index in [-0.39, 0.29) is 11.7 Å². The Labute approximate surface area is 132 Å². The number of aromatic nitrogens is 1.